The van der Waals surface area contributed by atoms with Crippen molar-refractivity contribution in [1.29, 1.82) is 0 Å². The Labute approximate surface area is 66.3 Å². The first kappa shape index (κ1) is 9.15. The summed E-state index contributed by atoms with van der Waals surface area (Å²) in [5, 5.41) is 0. The maximum atomic E-state index is 8.32. The highest BCUT2D eigenvalue weighted by molar-refractivity contribution is 5.93. The van der Waals surface area contributed by atoms with Gasteiger partial charge in [-0.1, -0.05) is 17.7 Å². The Hall–Kier alpha value is -0.850. The van der Waals surface area contributed by atoms with E-state index in [0.717, 1.165) is 12.1 Å². The molecule has 0 radical (unpaired) electrons. The van der Waals surface area contributed by atoms with E-state index < -0.39 is 0 Å². The molecule has 0 saturated carbocycles. The molecule has 0 aliphatic heterocycles. The predicted molar refractivity (Wildman–Crippen MR) is 43.4 cm³/mol. The maximum absolute atomic E-state index is 8.32. The molecule has 10 heavy (non-hydrogen) atoms. The summed E-state index contributed by atoms with van der Waals surface area (Å²) >= 11 is 0. The van der Waals surface area contributed by atoms with Crippen LogP contribution in [0.15, 0.2) is 23.8 Å². The molecule has 0 spiro atoms. The lowest BCUT2D eigenvalue weighted by Crippen LogP contribution is -1.98. The zero-order valence-electron chi connectivity index (χ0n) is 5.74. The van der Waals surface area contributed by atoms with Crippen LogP contribution in [0, 0.1) is 0 Å². The van der Waals surface area contributed by atoms with Gasteiger partial charge in [-0.2, -0.15) is 4.79 Å². The van der Waals surface area contributed by atoms with Crippen molar-refractivity contribution in [3.63, 3.8) is 0 Å². The van der Waals surface area contributed by atoms with Gasteiger partial charge in [0.15, 0.2) is 0 Å². The monoisotopic (exact) mass is 156 g/mol. The zero-order valence-corrected chi connectivity index (χ0v) is 6.56. The first-order valence-corrected chi connectivity index (χ1v) is 2.87. The highest BCUT2D eigenvalue weighted by Gasteiger charge is 2.06. The number of halogens is 1. The van der Waals surface area contributed by atoms with E-state index >= 15 is 0 Å². The lowest BCUT2D eigenvalue weighted by Gasteiger charge is -1.95. The summed E-state index contributed by atoms with van der Waals surface area (Å²) in [4.78, 5) is 3.09. The van der Waals surface area contributed by atoms with E-state index in [2.05, 4.69) is 4.79 Å². The van der Waals surface area contributed by atoms with Crippen LogP contribution in [0.5, 0.6) is 0 Å². The number of hydrogen-bond donors (Lipinski definition) is 0. The molecule has 0 aromatic heterocycles. The van der Waals surface area contributed by atoms with Gasteiger partial charge in [0.2, 0.25) is 0 Å². The molecule has 0 saturated heterocycles. The third kappa shape index (κ3) is 2.18. The Bertz CT molecular complexity index is 222. The number of hydrogen-bond acceptors (Lipinski definition) is 0. The minimum absolute atomic E-state index is 0. The van der Waals surface area contributed by atoms with Crippen LogP contribution in [0.1, 0.15) is 13.3 Å². The van der Waals surface area contributed by atoms with E-state index in [0.29, 0.717) is 0 Å². The minimum atomic E-state index is 0. The maximum Gasteiger partial charge on any atom is 0.296 e. The molecule has 0 amide bonds. The van der Waals surface area contributed by atoms with Crippen molar-refractivity contribution in [2.75, 3.05) is 0 Å². The molecule has 0 unspecified atom stereocenters. The van der Waals surface area contributed by atoms with Crippen molar-refractivity contribution in [2.24, 2.45) is 0 Å². The number of rotatable bonds is 0. The Kier molecular flexibility index (Phi) is 3.70. The van der Waals surface area contributed by atoms with Gasteiger partial charge in [0.25, 0.3) is 5.71 Å². The molecule has 0 heterocycles. The minimum Gasteiger partial charge on any atom is -0.361 e. The molecule has 1 aliphatic carbocycles. The van der Waals surface area contributed by atoms with Crippen LogP contribution in [0.25, 0.3) is 5.53 Å². The third-order valence-corrected chi connectivity index (χ3v) is 1.26. The van der Waals surface area contributed by atoms with Crippen LogP contribution in [0.3, 0.4) is 0 Å². The summed E-state index contributed by atoms with van der Waals surface area (Å²) in [6.45, 7) is 2.01. The van der Waals surface area contributed by atoms with Crippen molar-refractivity contribution < 1.29 is 4.79 Å². The largest absolute Gasteiger partial charge is 0.361 e. The molecule has 1 aliphatic rings. The van der Waals surface area contributed by atoms with Crippen molar-refractivity contribution >= 4 is 18.1 Å². The van der Waals surface area contributed by atoms with E-state index in [9.17, 15) is 0 Å². The van der Waals surface area contributed by atoms with Gasteiger partial charge < -0.3 is 5.53 Å². The van der Waals surface area contributed by atoms with E-state index in [1.807, 2.05) is 19.1 Å². The average molecular weight is 157 g/mol. The van der Waals surface area contributed by atoms with Gasteiger partial charge in [-0.15, -0.1) is 12.4 Å². The molecule has 3 heteroatoms. The number of nitrogens with zero attached hydrogens (tertiary/aromatic N) is 2. The highest BCUT2D eigenvalue weighted by Crippen LogP contribution is 2.06. The Morgan fingerprint density at radius 1 is 1.60 bits per heavy atom. The topological polar surface area (TPSA) is 36.4 Å². The lowest BCUT2D eigenvalue weighted by molar-refractivity contribution is -0.00558. The molecule has 1 rings (SSSR count). The smallest absolute Gasteiger partial charge is 0.296 e. The second kappa shape index (κ2) is 4.04. The molecule has 0 bridgehead atoms. The zero-order chi connectivity index (χ0) is 6.69. The van der Waals surface area contributed by atoms with Crippen LogP contribution in [-0.2, 0) is 0 Å². The van der Waals surface area contributed by atoms with E-state index in [1.165, 1.54) is 5.57 Å². The molecule has 2 nitrogen and oxygen atoms in total. The molecule has 0 N–H and O–H groups in total. The molecular weight excluding hydrogens is 148 g/mol. The second-order valence-electron chi connectivity index (χ2n) is 2.14. The van der Waals surface area contributed by atoms with Crippen molar-refractivity contribution in [2.45, 2.75) is 13.3 Å². The first-order valence-electron chi connectivity index (χ1n) is 2.87. The van der Waals surface area contributed by atoms with Crippen molar-refractivity contribution in [1.82, 2.24) is 0 Å². The van der Waals surface area contributed by atoms with E-state index in [1.54, 1.807) is 6.08 Å². The van der Waals surface area contributed by atoms with Gasteiger partial charge in [0, 0.05) is 6.08 Å². The normalized spacial score (nSPS) is 15.3. The number of allylic oxidation sites excluding steroid dienone is 4. The molecule has 0 fully saturated rings. The molecule has 0 atom stereocenters. The van der Waals surface area contributed by atoms with Crippen molar-refractivity contribution in [3.8, 4) is 0 Å². The quantitative estimate of drug-likeness (QED) is 0.380. The van der Waals surface area contributed by atoms with Crippen LogP contribution in [0.2, 0.25) is 0 Å². The second-order valence-corrected chi connectivity index (χ2v) is 2.14. The van der Waals surface area contributed by atoms with Crippen LogP contribution < -0.4 is 0 Å². The van der Waals surface area contributed by atoms with Crippen LogP contribution >= 0.6 is 12.4 Å². The molecule has 54 valence electrons. The Morgan fingerprint density at radius 3 is 2.70 bits per heavy atom. The van der Waals surface area contributed by atoms with E-state index in [4.69, 9.17) is 5.53 Å². The lowest BCUT2D eigenvalue weighted by atomic mass is 10.1. The predicted octanol–water partition coefficient (Wildman–Crippen LogP) is 1.99. The van der Waals surface area contributed by atoms with Gasteiger partial charge in [-0.25, -0.2) is 0 Å². The summed E-state index contributed by atoms with van der Waals surface area (Å²) in [6, 6.07) is 0. The standard InChI is InChI=1S/C7H8N2.ClH/c1-6-3-2-4-7(5-6)9-8;/h2-4H,5H2,1H3;1H. The summed E-state index contributed by atoms with van der Waals surface area (Å²) in [5.74, 6) is 0. The fourth-order valence-electron chi connectivity index (χ4n) is 0.796. The summed E-state index contributed by atoms with van der Waals surface area (Å²) in [5.41, 5.74) is 10.3. The summed E-state index contributed by atoms with van der Waals surface area (Å²) in [7, 11) is 0. The van der Waals surface area contributed by atoms with Gasteiger partial charge in [0.1, 0.15) is 0 Å². The molecule has 0 aromatic rings. The molecular formula is C7H9ClN2. The Balaban J connectivity index is 0.000000810. The van der Waals surface area contributed by atoms with Gasteiger partial charge in [-0.05, 0) is 6.92 Å². The van der Waals surface area contributed by atoms with Crippen LogP contribution in [0.4, 0.5) is 0 Å². The SMILES string of the molecule is CC1=CC=CC(=[N+]=[N-])C1.Cl. The third-order valence-electron chi connectivity index (χ3n) is 1.26. The van der Waals surface area contributed by atoms with Crippen LogP contribution in [-0.4, -0.2) is 10.5 Å². The van der Waals surface area contributed by atoms with E-state index in [-0.39, 0.29) is 12.4 Å². The fourth-order valence-corrected chi connectivity index (χ4v) is 0.796. The summed E-state index contributed by atoms with van der Waals surface area (Å²) in [6.07, 6.45) is 6.46. The average Bonchev–Trinajstić information content (AvgIpc) is 1.88. The first-order chi connectivity index (χ1) is 4.33. The highest BCUT2D eigenvalue weighted by atomic mass is 35.5. The Morgan fingerprint density at radius 2 is 2.30 bits per heavy atom. The summed E-state index contributed by atoms with van der Waals surface area (Å²) < 4.78 is 0. The van der Waals surface area contributed by atoms with Crippen molar-refractivity contribution in [3.05, 3.63) is 29.3 Å². The fraction of sp³-hybridized carbons (Fsp3) is 0.286. The molecule has 0 aromatic carbocycles. The van der Waals surface area contributed by atoms with Gasteiger partial charge in [-0.3, -0.25) is 0 Å². The van der Waals surface area contributed by atoms with Gasteiger partial charge >= 0.3 is 0 Å². The van der Waals surface area contributed by atoms with Gasteiger partial charge in [0.05, 0.1) is 6.42 Å².